The van der Waals surface area contributed by atoms with E-state index in [1.165, 1.54) is 0 Å². The predicted molar refractivity (Wildman–Crippen MR) is 93.0 cm³/mol. The number of nitrogens with zero attached hydrogens (tertiary/aromatic N) is 3. The minimum Gasteiger partial charge on any atom is -0.419 e. The average Bonchev–Trinajstić information content (AvgIpc) is 3.16. The van der Waals surface area contributed by atoms with Crippen LogP contribution in [0.25, 0.3) is 11.6 Å². The molecule has 3 aromatic rings. The highest BCUT2D eigenvalue weighted by atomic mass is 35.5. The van der Waals surface area contributed by atoms with Gasteiger partial charge in [-0.15, -0.1) is 10.2 Å². The normalized spacial score (nSPS) is 13.8. The molecule has 1 N–H and O–H groups in total. The van der Waals surface area contributed by atoms with Crippen molar-refractivity contribution in [2.45, 2.75) is 31.8 Å². The van der Waals surface area contributed by atoms with Crippen LogP contribution in [-0.2, 0) is 17.9 Å². The molecule has 0 bridgehead atoms. The molecule has 25 heavy (non-hydrogen) atoms. The number of carbonyl (C=O) groups excluding carboxylic acids is 1. The first-order valence-electron chi connectivity index (χ1n) is 8.20. The fourth-order valence-electron chi connectivity index (χ4n) is 2.63. The Morgan fingerprint density at radius 2 is 2.08 bits per heavy atom. The summed E-state index contributed by atoms with van der Waals surface area (Å²) in [6.07, 6.45) is 4.03. The number of benzene rings is 1. The molecule has 1 aliphatic rings. The summed E-state index contributed by atoms with van der Waals surface area (Å²) in [5.41, 5.74) is 1.63. The molecule has 0 saturated heterocycles. The maximum atomic E-state index is 12.3. The van der Waals surface area contributed by atoms with E-state index >= 15 is 0 Å². The monoisotopic (exact) mass is 356 g/mol. The zero-order valence-corrected chi connectivity index (χ0v) is 14.2. The maximum absolute atomic E-state index is 12.3. The highest BCUT2D eigenvalue weighted by molar-refractivity contribution is 6.31. The molecule has 2 aromatic heterocycles. The summed E-state index contributed by atoms with van der Waals surface area (Å²) in [5.74, 6) is 1.43. The Morgan fingerprint density at radius 3 is 2.88 bits per heavy atom. The lowest BCUT2D eigenvalue weighted by molar-refractivity contribution is -0.121. The van der Waals surface area contributed by atoms with Crippen LogP contribution < -0.4 is 5.32 Å². The lowest BCUT2D eigenvalue weighted by atomic mass is 10.2. The van der Waals surface area contributed by atoms with Gasteiger partial charge in [-0.25, -0.2) is 0 Å². The van der Waals surface area contributed by atoms with E-state index in [-0.39, 0.29) is 12.5 Å². The molecule has 1 aromatic carbocycles. The second kappa shape index (κ2) is 6.72. The van der Waals surface area contributed by atoms with Crippen molar-refractivity contribution in [1.29, 1.82) is 0 Å². The highest BCUT2D eigenvalue weighted by Gasteiger charge is 2.29. The van der Waals surface area contributed by atoms with Gasteiger partial charge in [0, 0.05) is 23.7 Å². The van der Waals surface area contributed by atoms with Gasteiger partial charge in [-0.2, -0.15) is 0 Å². The van der Waals surface area contributed by atoms with Crippen LogP contribution >= 0.6 is 11.6 Å². The molecule has 1 aliphatic carbocycles. The molecule has 2 heterocycles. The van der Waals surface area contributed by atoms with E-state index in [1.807, 2.05) is 36.5 Å². The summed E-state index contributed by atoms with van der Waals surface area (Å²) in [5, 5.41) is 11.7. The fraction of sp³-hybridized carbons (Fsp3) is 0.278. The molecule has 4 rings (SSSR count). The van der Waals surface area contributed by atoms with Gasteiger partial charge in [0.25, 0.3) is 5.89 Å². The van der Waals surface area contributed by atoms with Gasteiger partial charge in [-0.1, -0.05) is 29.8 Å². The standard InChI is InChI=1S/C18H17ClN4O2/c19-14-5-2-1-4-13(14)10-20-16(24)11-23-9-3-6-15(23)18-22-21-17(25-18)12-7-8-12/h1-6,9,12H,7-8,10-11H2,(H,20,24). The summed E-state index contributed by atoms with van der Waals surface area (Å²) >= 11 is 6.10. The van der Waals surface area contributed by atoms with Crippen molar-refractivity contribution in [1.82, 2.24) is 20.1 Å². The van der Waals surface area contributed by atoms with E-state index in [1.54, 1.807) is 10.6 Å². The summed E-state index contributed by atoms with van der Waals surface area (Å²) < 4.78 is 7.52. The van der Waals surface area contributed by atoms with Crippen molar-refractivity contribution in [3.63, 3.8) is 0 Å². The second-order valence-corrected chi connectivity index (χ2v) is 6.52. The molecule has 1 amide bonds. The molecule has 0 radical (unpaired) electrons. The van der Waals surface area contributed by atoms with Crippen LogP contribution in [0.2, 0.25) is 5.02 Å². The topological polar surface area (TPSA) is 73.0 Å². The van der Waals surface area contributed by atoms with Gasteiger partial charge in [0.2, 0.25) is 11.8 Å². The zero-order valence-electron chi connectivity index (χ0n) is 13.5. The quantitative estimate of drug-likeness (QED) is 0.734. The Labute approximate surface area is 149 Å². The minimum atomic E-state index is -0.112. The number of aromatic nitrogens is 3. The molecule has 0 atom stereocenters. The largest absolute Gasteiger partial charge is 0.419 e. The van der Waals surface area contributed by atoms with Crippen molar-refractivity contribution < 1.29 is 9.21 Å². The van der Waals surface area contributed by atoms with E-state index in [4.69, 9.17) is 16.0 Å². The first-order valence-corrected chi connectivity index (χ1v) is 8.57. The fourth-order valence-corrected chi connectivity index (χ4v) is 2.83. The Balaban J connectivity index is 1.41. The molecule has 0 unspecified atom stereocenters. The van der Waals surface area contributed by atoms with Crippen LogP contribution in [0, 0.1) is 0 Å². The molecule has 128 valence electrons. The molecule has 6 nitrogen and oxygen atoms in total. The third-order valence-corrected chi connectivity index (χ3v) is 4.53. The molecular weight excluding hydrogens is 340 g/mol. The van der Waals surface area contributed by atoms with Gasteiger partial charge in [0.1, 0.15) is 12.2 Å². The number of halogens is 1. The zero-order chi connectivity index (χ0) is 17.2. The SMILES string of the molecule is O=C(Cn1cccc1-c1nnc(C2CC2)o1)NCc1ccccc1Cl. The number of nitrogens with one attached hydrogen (secondary N) is 1. The Bertz CT molecular complexity index is 898. The summed E-state index contributed by atoms with van der Waals surface area (Å²) in [6.45, 7) is 0.565. The van der Waals surface area contributed by atoms with Crippen LogP contribution in [-0.4, -0.2) is 20.7 Å². The van der Waals surface area contributed by atoms with Crippen molar-refractivity contribution in [2.24, 2.45) is 0 Å². The van der Waals surface area contributed by atoms with Crippen LogP contribution in [0.1, 0.15) is 30.2 Å². The second-order valence-electron chi connectivity index (χ2n) is 6.11. The Morgan fingerprint density at radius 1 is 1.24 bits per heavy atom. The van der Waals surface area contributed by atoms with Crippen molar-refractivity contribution in [2.75, 3.05) is 0 Å². The summed E-state index contributed by atoms with van der Waals surface area (Å²) in [4.78, 5) is 12.3. The van der Waals surface area contributed by atoms with Crippen molar-refractivity contribution in [3.05, 3.63) is 59.1 Å². The first-order chi connectivity index (χ1) is 12.2. The van der Waals surface area contributed by atoms with E-state index in [0.29, 0.717) is 29.3 Å². The van der Waals surface area contributed by atoms with Gasteiger partial charge in [0.15, 0.2) is 0 Å². The first kappa shape index (κ1) is 15.9. The van der Waals surface area contributed by atoms with Gasteiger partial charge in [0.05, 0.1) is 0 Å². The van der Waals surface area contributed by atoms with Crippen molar-refractivity contribution in [3.8, 4) is 11.6 Å². The number of hydrogen-bond acceptors (Lipinski definition) is 4. The van der Waals surface area contributed by atoms with Crippen LogP contribution in [0.5, 0.6) is 0 Å². The Hall–Kier alpha value is -2.60. The van der Waals surface area contributed by atoms with Gasteiger partial charge in [-0.3, -0.25) is 4.79 Å². The van der Waals surface area contributed by atoms with Crippen molar-refractivity contribution >= 4 is 17.5 Å². The molecule has 0 spiro atoms. The number of rotatable bonds is 6. The predicted octanol–water partition coefficient (Wildman–Crippen LogP) is 3.39. The van der Waals surface area contributed by atoms with Crippen LogP contribution in [0.4, 0.5) is 0 Å². The lowest BCUT2D eigenvalue weighted by Gasteiger charge is -2.09. The molecule has 7 heteroatoms. The Kier molecular flexibility index (Phi) is 4.28. The van der Waals surface area contributed by atoms with E-state index < -0.39 is 0 Å². The summed E-state index contributed by atoms with van der Waals surface area (Å²) in [6, 6.07) is 11.2. The molecule has 1 fully saturated rings. The third kappa shape index (κ3) is 3.58. The minimum absolute atomic E-state index is 0.112. The average molecular weight is 357 g/mol. The van der Waals surface area contributed by atoms with Gasteiger partial charge < -0.3 is 14.3 Å². The van der Waals surface area contributed by atoms with Crippen LogP contribution in [0.3, 0.4) is 0 Å². The number of amides is 1. The number of hydrogen-bond donors (Lipinski definition) is 1. The molecule has 0 aliphatic heterocycles. The maximum Gasteiger partial charge on any atom is 0.264 e. The lowest BCUT2D eigenvalue weighted by Crippen LogP contribution is -2.27. The summed E-state index contributed by atoms with van der Waals surface area (Å²) in [7, 11) is 0. The van der Waals surface area contributed by atoms with E-state index in [2.05, 4.69) is 15.5 Å². The smallest absolute Gasteiger partial charge is 0.264 e. The third-order valence-electron chi connectivity index (χ3n) is 4.16. The van der Waals surface area contributed by atoms with Gasteiger partial charge >= 0.3 is 0 Å². The van der Waals surface area contributed by atoms with Crippen LogP contribution in [0.15, 0.2) is 47.0 Å². The van der Waals surface area contributed by atoms with Gasteiger partial charge in [-0.05, 0) is 36.6 Å². The molecular formula is C18H17ClN4O2. The highest BCUT2D eigenvalue weighted by Crippen LogP contribution is 2.39. The van der Waals surface area contributed by atoms with E-state index in [9.17, 15) is 4.79 Å². The van der Waals surface area contributed by atoms with E-state index in [0.717, 1.165) is 24.1 Å². The molecule has 1 saturated carbocycles. The number of carbonyl (C=O) groups is 1.